The summed E-state index contributed by atoms with van der Waals surface area (Å²) in [7, 11) is 0. The summed E-state index contributed by atoms with van der Waals surface area (Å²) in [6, 6.07) is 2.03. The molecule has 1 amide bonds. The summed E-state index contributed by atoms with van der Waals surface area (Å²) >= 11 is 0. The number of carbonyl (C=O) groups excluding carboxylic acids is 1. The molecule has 7 nitrogen and oxygen atoms in total. The van der Waals surface area contributed by atoms with Crippen LogP contribution in [-0.4, -0.2) is 64.3 Å². The largest absolute Gasteiger partial charge is 0.365 e. The van der Waals surface area contributed by atoms with Crippen molar-refractivity contribution in [2.24, 2.45) is 0 Å². The third-order valence-electron chi connectivity index (χ3n) is 4.80. The Hall–Kier alpha value is -2.15. The molecule has 1 unspecified atom stereocenters. The first-order valence-electron chi connectivity index (χ1n) is 8.69. The third-order valence-corrected chi connectivity index (χ3v) is 4.80. The number of morpholine rings is 1. The van der Waals surface area contributed by atoms with E-state index < -0.39 is 6.10 Å². The predicted octanol–water partition coefficient (Wildman–Crippen LogP) is 1.26. The van der Waals surface area contributed by atoms with Crippen LogP contribution in [0.2, 0.25) is 0 Å². The highest BCUT2D eigenvalue weighted by Gasteiger charge is 2.32. The highest BCUT2D eigenvalue weighted by atomic mass is 16.5. The van der Waals surface area contributed by atoms with Gasteiger partial charge in [-0.1, -0.05) is 0 Å². The molecular formula is C17H23N5O2. The van der Waals surface area contributed by atoms with E-state index in [1.165, 1.54) is 6.42 Å². The molecule has 2 fully saturated rings. The van der Waals surface area contributed by atoms with Gasteiger partial charge in [0.1, 0.15) is 5.52 Å². The maximum Gasteiger partial charge on any atom is 0.253 e. The highest BCUT2D eigenvalue weighted by molar-refractivity contribution is 5.82. The van der Waals surface area contributed by atoms with Crippen LogP contribution in [0.1, 0.15) is 25.0 Å². The SMILES string of the molecule is Cc1cc2c(N3CCOC(C(=O)N4CCCCC4)C3)nccn2n1. The number of likely N-dealkylation sites (tertiary alicyclic amines) is 1. The van der Waals surface area contributed by atoms with E-state index in [-0.39, 0.29) is 5.91 Å². The van der Waals surface area contributed by atoms with Gasteiger partial charge in [-0.2, -0.15) is 5.10 Å². The summed E-state index contributed by atoms with van der Waals surface area (Å²) < 4.78 is 7.62. The minimum Gasteiger partial charge on any atom is -0.365 e. The molecule has 0 bridgehead atoms. The van der Waals surface area contributed by atoms with Gasteiger partial charge in [0.25, 0.3) is 5.91 Å². The molecule has 1 atom stereocenters. The van der Waals surface area contributed by atoms with Gasteiger partial charge in [0.2, 0.25) is 0 Å². The summed E-state index contributed by atoms with van der Waals surface area (Å²) in [5, 5.41) is 4.44. The van der Waals surface area contributed by atoms with Gasteiger partial charge in [0.05, 0.1) is 18.8 Å². The van der Waals surface area contributed by atoms with E-state index in [0.29, 0.717) is 13.2 Å². The Labute approximate surface area is 141 Å². The molecular weight excluding hydrogens is 306 g/mol. The number of amides is 1. The van der Waals surface area contributed by atoms with Gasteiger partial charge in [-0.15, -0.1) is 0 Å². The van der Waals surface area contributed by atoms with E-state index in [1.807, 2.05) is 28.6 Å². The first-order valence-corrected chi connectivity index (χ1v) is 8.69. The van der Waals surface area contributed by atoms with Gasteiger partial charge in [-0.3, -0.25) is 4.79 Å². The molecule has 2 saturated heterocycles. The Bertz CT molecular complexity index is 738. The van der Waals surface area contributed by atoms with E-state index in [0.717, 1.165) is 49.5 Å². The van der Waals surface area contributed by atoms with Crippen LogP contribution in [0.5, 0.6) is 0 Å². The zero-order chi connectivity index (χ0) is 16.5. The Balaban J connectivity index is 1.54. The lowest BCUT2D eigenvalue weighted by Crippen LogP contribution is -2.52. The summed E-state index contributed by atoms with van der Waals surface area (Å²) in [6.07, 6.45) is 6.61. The normalized spacial score (nSPS) is 22.1. The van der Waals surface area contributed by atoms with Crippen LogP contribution < -0.4 is 4.90 Å². The molecule has 0 aromatic carbocycles. The fourth-order valence-corrected chi connectivity index (χ4v) is 3.58. The van der Waals surface area contributed by atoms with Crippen LogP contribution in [-0.2, 0) is 9.53 Å². The van der Waals surface area contributed by atoms with E-state index >= 15 is 0 Å². The Morgan fingerprint density at radius 1 is 1.25 bits per heavy atom. The smallest absolute Gasteiger partial charge is 0.253 e. The lowest BCUT2D eigenvalue weighted by molar-refractivity contribution is -0.145. The molecule has 2 aliphatic heterocycles. The fourth-order valence-electron chi connectivity index (χ4n) is 3.58. The van der Waals surface area contributed by atoms with Crippen LogP contribution in [0.15, 0.2) is 18.5 Å². The van der Waals surface area contributed by atoms with Crippen molar-refractivity contribution in [3.8, 4) is 0 Å². The quantitative estimate of drug-likeness (QED) is 0.830. The molecule has 0 radical (unpaired) electrons. The molecule has 2 aromatic heterocycles. The van der Waals surface area contributed by atoms with E-state index in [9.17, 15) is 4.79 Å². The Morgan fingerprint density at radius 3 is 2.92 bits per heavy atom. The van der Waals surface area contributed by atoms with Crippen molar-refractivity contribution >= 4 is 17.2 Å². The van der Waals surface area contributed by atoms with E-state index in [2.05, 4.69) is 15.0 Å². The van der Waals surface area contributed by atoms with Crippen molar-refractivity contribution in [2.75, 3.05) is 37.7 Å². The van der Waals surface area contributed by atoms with E-state index in [4.69, 9.17) is 4.74 Å². The van der Waals surface area contributed by atoms with Crippen molar-refractivity contribution in [3.63, 3.8) is 0 Å². The number of nitrogens with zero attached hydrogens (tertiary/aromatic N) is 5. The van der Waals surface area contributed by atoms with Crippen molar-refractivity contribution in [1.82, 2.24) is 19.5 Å². The van der Waals surface area contributed by atoms with E-state index in [1.54, 1.807) is 6.20 Å². The minimum atomic E-state index is -0.400. The van der Waals surface area contributed by atoms with Crippen LogP contribution in [0, 0.1) is 6.92 Å². The third kappa shape index (κ3) is 2.84. The van der Waals surface area contributed by atoms with Crippen LogP contribution in [0.3, 0.4) is 0 Å². The number of ether oxygens (including phenoxy) is 1. The number of hydrogen-bond donors (Lipinski definition) is 0. The van der Waals surface area contributed by atoms with Crippen molar-refractivity contribution in [1.29, 1.82) is 0 Å². The summed E-state index contributed by atoms with van der Waals surface area (Å²) in [4.78, 5) is 21.4. The molecule has 0 aliphatic carbocycles. The summed E-state index contributed by atoms with van der Waals surface area (Å²) in [5.74, 6) is 0.994. The van der Waals surface area contributed by atoms with Crippen LogP contribution in [0.4, 0.5) is 5.82 Å². The molecule has 0 N–H and O–H groups in total. The molecule has 2 aromatic rings. The number of carbonyl (C=O) groups is 1. The monoisotopic (exact) mass is 329 g/mol. The predicted molar refractivity (Wildman–Crippen MR) is 90.1 cm³/mol. The van der Waals surface area contributed by atoms with Crippen LogP contribution >= 0.6 is 0 Å². The first kappa shape index (κ1) is 15.4. The molecule has 4 heterocycles. The van der Waals surface area contributed by atoms with Crippen molar-refractivity contribution < 1.29 is 9.53 Å². The standard InChI is InChI=1S/C17H23N5O2/c1-13-11-14-16(18-5-8-22(14)19-13)21-9-10-24-15(12-21)17(23)20-6-3-2-4-7-20/h5,8,11,15H,2-4,6-7,9-10,12H2,1H3. The Morgan fingerprint density at radius 2 is 2.08 bits per heavy atom. The van der Waals surface area contributed by atoms with Crippen molar-refractivity contribution in [3.05, 3.63) is 24.2 Å². The molecule has 24 heavy (non-hydrogen) atoms. The zero-order valence-corrected chi connectivity index (χ0v) is 14.0. The van der Waals surface area contributed by atoms with Gasteiger partial charge in [0.15, 0.2) is 11.9 Å². The number of anilines is 1. The van der Waals surface area contributed by atoms with Crippen LogP contribution in [0.25, 0.3) is 5.52 Å². The van der Waals surface area contributed by atoms with Gasteiger partial charge in [-0.05, 0) is 32.3 Å². The lowest BCUT2D eigenvalue weighted by atomic mass is 10.1. The number of aryl methyl sites for hydroxylation is 1. The first-order chi connectivity index (χ1) is 11.7. The average Bonchev–Trinajstić information content (AvgIpc) is 3.02. The maximum absolute atomic E-state index is 12.7. The number of rotatable bonds is 2. The summed E-state index contributed by atoms with van der Waals surface area (Å²) in [6.45, 7) is 5.51. The number of piperidine rings is 1. The van der Waals surface area contributed by atoms with Crippen molar-refractivity contribution in [2.45, 2.75) is 32.3 Å². The lowest BCUT2D eigenvalue weighted by Gasteiger charge is -2.36. The minimum absolute atomic E-state index is 0.121. The van der Waals surface area contributed by atoms with Gasteiger partial charge >= 0.3 is 0 Å². The number of aromatic nitrogens is 3. The molecule has 2 aliphatic rings. The average molecular weight is 329 g/mol. The molecule has 0 spiro atoms. The highest BCUT2D eigenvalue weighted by Crippen LogP contribution is 2.23. The fraction of sp³-hybridized carbons (Fsp3) is 0.588. The Kier molecular flexibility index (Phi) is 4.10. The second kappa shape index (κ2) is 6.39. The zero-order valence-electron chi connectivity index (χ0n) is 14.0. The number of fused-ring (bicyclic) bond motifs is 1. The molecule has 0 saturated carbocycles. The van der Waals surface area contributed by atoms with Gasteiger partial charge in [0, 0.05) is 32.0 Å². The molecule has 128 valence electrons. The van der Waals surface area contributed by atoms with Gasteiger partial charge in [-0.25, -0.2) is 9.50 Å². The molecule has 7 heteroatoms. The number of hydrogen-bond acceptors (Lipinski definition) is 5. The summed E-state index contributed by atoms with van der Waals surface area (Å²) in [5.41, 5.74) is 1.93. The molecule has 4 rings (SSSR count). The maximum atomic E-state index is 12.7. The second-order valence-electron chi connectivity index (χ2n) is 6.56. The van der Waals surface area contributed by atoms with Gasteiger partial charge < -0.3 is 14.5 Å². The second-order valence-corrected chi connectivity index (χ2v) is 6.56. The topological polar surface area (TPSA) is 63.0 Å².